The number of halogens is 1. The van der Waals surface area contributed by atoms with Crippen molar-refractivity contribution in [1.82, 2.24) is 4.90 Å². The van der Waals surface area contributed by atoms with Crippen molar-refractivity contribution >= 4 is 5.91 Å². The van der Waals surface area contributed by atoms with Crippen LogP contribution in [0.4, 0.5) is 4.39 Å². The molecule has 0 aromatic heterocycles. The van der Waals surface area contributed by atoms with Crippen molar-refractivity contribution in [1.29, 1.82) is 0 Å². The van der Waals surface area contributed by atoms with Crippen molar-refractivity contribution in [3.05, 3.63) is 35.6 Å². The van der Waals surface area contributed by atoms with Crippen molar-refractivity contribution < 1.29 is 9.18 Å². The molecule has 0 spiro atoms. The van der Waals surface area contributed by atoms with Crippen LogP contribution in [0.3, 0.4) is 0 Å². The number of carbonyl (C=O) groups is 1. The van der Waals surface area contributed by atoms with Crippen molar-refractivity contribution in [2.45, 2.75) is 64.0 Å². The summed E-state index contributed by atoms with van der Waals surface area (Å²) in [7, 11) is 0. The molecule has 114 valence electrons. The Balaban J connectivity index is 1.58. The van der Waals surface area contributed by atoms with E-state index in [1.165, 1.54) is 31.7 Å². The van der Waals surface area contributed by atoms with Gasteiger partial charge in [0.05, 0.1) is 0 Å². The molecule has 2 aliphatic rings. The molecule has 0 unspecified atom stereocenters. The summed E-state index contributed by atoms with van der Waals surface area (Å²) in [5, 5.41) is 0. The Labute approximate surface area is 126 Å². The normalized spacial score (nSPS) is 18.9. The lowest BCUT2D eigenvalue weighted by Gasteiger charge is -2.23. The first kappa shape index (κ1) is 14.6. The highest BCUT2D eigenvalue weighted by atomic mass is 19.1. The van der Waals surface area contributed by atoms with Gasteiger partial charge in [-0.1, -0.05) is 43.9 Å². The predicted molar refractivity (Wildman–Crippen MR) is 81.2 cm³/mol. The van der Waals surface area contributed by atoms with Crippen LogP contribution in [-0.4, -0.2) is 16.8 Å². The average molecular weight is 289 g/mol. The molecular weight excluding hydrogens is 265 g/mol. The predicted octanol–water partition coefficient (Wildman–Crippen LogP) is 4.29. The molecule has 2 aliphatic carbocycles. The number of hydrogen-bond acceptors (Lipinski definition) is 1. The van der Waals surface area contributed by atoms with Gasteiger partial charge in [0.25, 0.3) is 0 Å². The van der Waals surface area contributed by atoms with Gasteiger partial charge in [-0.15, -0.1) is 0 Å². The van der Waals surface area contributed by atoms with Gasteiger partial charge in [0.2, 0.25) is 5.91 Å². The van der Waals surface area contributed by atoms with Gasteiger partial charge in [0, 0.05) is 24.6 Å². The molecule has 2 fully saturated rings. The second kappa shape index (κ2) is 6.59. The first-order chi connectivity index (χ1) is 10.2. The Kier molecular flexibility index (Phi) is 4.57. The summed E-state index contributed by atoms with van der Waals surface area (Å²) in [6, 6.07) is 7.15. The summed E-state index contributed by atoms with van der Waals surface area (Å²) in [6.45, 7) is 0.431. The monoisotopic (exact) mass is 289 g/mol. The molecule has 2 saturated carbocycles. The van der Waals surface area contributed by atoms with Gasteiger partial charge < -0.3 is 4.90 Å². The Morgan fingerprint density at radius 3 is 2.52 bits per heavy atom. The second-order valence-corrected chi connectivity index (χ2v) is 6.53. The third-order valence-electron chi connectivity index (χ3n) is 4.85. The lowest BCUT2D eigenvalue weighted by atomic mass is 10.0. The van der Waals surface area contributed by atoms with Gasteiger partial charge in [-0.3, -0.25) is 4.79 Å². The van der Waals surface area contributed by atoms with Crippen LogP contribution in [0.1, 0.15) is 56.9 Å². The van der Waals surface area contributed by atoms with E-state index < -0.39 is 0 Å². The van der Waals surface area contributed by atoms with Crippen molar-refractivity contribution in [2.24, 2.45) is 5.92 Å². The van der Waals surface area contributed by atoms with Crippen molar-refractivity contribution in [3.63, 3.8) is 0 Å². The van der Waals surface area contributed by atoms with Crippen LogP contribution >= 0.6 is 0 Å². The first-order valence-electron chi connectivity index (χ1n) is 8.27. The third-order valence-corrected chi connectivity index (χ3v) is 4.85. The van der Waals surface area contributed by atoms with Gasteiger partial charge in [0.1, 0.15) is 5.82 Å². The minimum atomic E-state index is -0.202. The fourth-order valence-corrected chi connectivity index (χ4v) is 3.39. The molecule has 2 nitrogen and oxygen atoms in total. The van der Waals surface area contributed by atoms with E-state index in [2.05, 4.69) is 0 Å². The minimum Gasteiger partial charge on any atom is -0.335 e. The second-order valence-electron chi connectivity index (χ2n) is 6.53. The highest BCUT2D eigenvalue weighted by Crippen LogP contribution is 2.32. The van der Waals surface area contributed by atoms with E-state index >= 15 is 0 Å². The molecule has 1 aromatic carbocycles. The molecule has 21 heavy (non-hydrogen) atoms. The van der Waals surface area contributed by atoms with E-state index in [0.717, 1.165) is 25.2 Å². The quantitative estimate of drug-likeness (QED) is 0.765. The van der Waals surface area contributed by atoms with Crippen LogP contribution in [0, 0.1) is 11.7 Å². The van der Waals surface area contributed by atoms with Gasteiger partial charge >= 0.3 is 0 Å². The zero-order valence-corrected chi connectivity index (χ0v) is 12.6. The molecule has 1 amide bonds. The van der Waals surface area contributed by atoms with E-state index in [0.29, 0.717) is 24.6 Å². The fourth-order valence-electron chi connectivity index (χ4n) is 3.39. The molecule has 0 bridgehead atoms. The highest BCUT2D eigenvalue weighted by molar-refractivity contribution is 5.76. The molecule has 0 radical (unpaired) electrons. The van der Waals surface area contributed by atoms with E-state index in [1.54, 1.807) is 12.1 Å². The summed E-state index contributed by atoms with van der Waals surface area (Å²) in [5.74, 6) is 0.753. The van der Waals surface area contributed by atoms with Crippen LogP contribution in [0.2, 0.25) is 0 Å². The lowest BCUT2D eigenvalue weighted by molar-refractivity contribution is -0.132. The molecule has 0 atom stereocenters. The van der Waals surface area contributed by atoms with E-state index in [1.807, 2.05) is 11.0 Å². The SMILES string of the molecule is O=C(CCC1CCCC1)N(Cc1ccccc1F)C1CC1. The smallest absolute Gasteiger partial charge is 0.223 e. The number of amides is 1. The zero-order chi connectivity index (χ0) is 14.7. The largest absolute Gasteiger partial charge is 0.335 e. The molecule has 0 N–H and O–H groups in total. The van der Waals surface area contributed by atoms with Gasteiger partial charge in [0.15, 0.2) is 0 Å². The number of benzene rings is 1. The maximum absolute atomic E-state index is 13.8. The first-order valence-corrected chi connectivity index (χ1v) is 8.27. The minimum absolute atomic E-state index is 0.202. The maximum atomic E-state index is 13.8. The Bertz CT molecular complexity index is 492. The summed E-state index contributed by atoms with van der Waals surface area (Å²) >= 11 is 0. The summed E-state index contributed by atoms with van der Waals surface area (Å²) in [4.78, 5) is 14.4. The van der Waals surface area contributed by atoms with Crippen molar-refractivity contribution in [2.75, 3.05) is 0 Å². The molecule has 0 aliphatic heterocycles. The Morgan fingerprint density at radius 2 is 1.86 bits per heavy atom. The fraction of sp³-hybridized carbons (Fsp3) is 0.611. The molecule has 3 rings (SSSR count). The van der Waals surface area contributed by atoms with E-state index in [-0.39, 0.29) is 11.7 Å². The molecular formula is C18H24FNO. The average Bonchev–Trinajstić information content (AvgIpc) is 3.19. The molecule has 0 heterocycles. The third kappa shape index (κ3) is 3.84. The highest BCUT2D eigenvalue weighted by Gasteiger charge is 2.33. The lowest BCUT2D eigenvalue weighted by Crippen LogP contribution is -2.33. The van der Waals surface area contributed by atoms with Crippen LogP contribution in [0.5, 0.6) is 0 Å². The molecule has 1 aromatic rings. The van der Waals surface area contributed by atoms with Crippen LogP contribution < -0.4 is 0 Å². The van der Waals surface area contributed by atoms with Crippen LogP contribution in [0.15, 0.2) is 24.3 Å². The number of carbonyl (C=O) groups excluding carboxylic acids is 1. The molecule has 0 saturated heterocycles. The Morgan fingerprint density at radius 1 is 1.14 bits per heavy atom. The van der Waals surface area contributed by atoms with Crippen molar-refractivity contribution in [3.8, 4) is 0 Å². The van der Waals surface area contributed by atoms with Gasteiger partial charge in [-0.25, -0.2) is 4.39 Å². The number of hydrogen-bond donors (Lipinski definition) is 0. The summed E-state index contributed by atoms with van der Waals surface area (Å²) < 4.78 is 13.8. The van der Waals surface area contributed by atoms with E-state index in [9.17, 15) is 9.18 Å². The topological polar surface area (TPSA) is 20.3 Å². The van der Waals surface area contributed by atoms with Gasteiger partial charge in [-0.2, -0.15) is 0 Å². The summed E-state index contributed by atoms with van der Waals surface area (Å²) in [5.41, 5.74) is 0.638. The molecule has 3 heteroatoms. The van der Waals surface area contributed by atoms with Gasteiger partial charge in [-0.05, 0) is 31.2 Å². The number of nitrogens with zero attached hydrogens (tertiary/aromatic N) is 1. The zero-order valence-electron chi connectivity index (χ0n) is 12.6. The van der Waals surface area contributed by atoms with Crippen LogP contribution in [-0.2, 0) is 11.3 Å². The Hall–Kier alpha value is -1.38. The standard InChI is InChI=1S/C18H24FNO/c19-17-8-4-3-7-15(17)13-20(16-10-11-16)18(21)12-9-14-5-1-2-6-14/h3-4,7-8,14,16H,1-2,5-6,9-13H2. The van der Waals surface area contributed by atoms with Crippen LogP contribution in [0.25, 0.3) is 0 Å². The number of rotatable bonds is 6. The van der Waals surface area contributed by atoms with E-state index in [4.69, 9.17) is 0 Å². The summed E-state index contributed by atoms with van der Waals surface area (Å²) in [6.07, 6.45) is 9.00. The maximum Gasteiger partial charge on any atom is 0.223 e.